The fourth-order valence-electron chi connectivity index (χ4n) is 2.04. The molecule has 0 bridgehead atoms. The van der Waals surface area contributed by atoms with Crippen molar-refractivity contribution in [1.29, 1.82) is 0 Å². The summed E-state index contributed by atoms with van der Waals surface area (Å²) < 4.78 is 5.76. The maximum absolute atomic E-state index is 11.8. The highest BCUT2D eigenvalue weighted by Gasteiger charge is 2.12. The Balaban J connectivity index is 1.91. The lowest BCUT2D eigenvalue weighted by molar-refractivity contribution is -0.119. The number of aromatic nitrogens is 1. The Kier molecular flexibility index (Phi) is 6.28. The van der Waals surface area contributed by atoms with Crippen LogP contribution < -0.4 is 5.32 Å². The van der Waals surface area contributed by atoms with Gasteiger partial charge in [-0.1, -0.05) is 24.6 Å². The number of aryl methyl sites for hydroxylation is 2. The molecule has 1 aromatic heterocycles. The van der Waals surface area contributed by atoms with Gasteiger partial charge in [0.2, 0.25) is 11.8 Å². The van der Waals surface area contributed by atoms with Gasteiger partial charge in [-0.25, -0.2) is 4.98 Å². The van der Waals surface area contributed by atoms with E-state index < -0.39 is 0 Å². The van der Waals surface area contributed by atoms with Crippen molar-refractivity contribution in [1.82, 2.24) is 10.3 Å². The second-order valence-corrected chi connectivity index (χ2v) is 6.74. The summed E-state index contributed by atoms with van der Waals surface area (Å²) in [4.78, 5) is 16.3. The van der Waals surface area contributed by atoms with Gasteiger partial charge in [-0.3, -0.25) is 4.79 Å². The Hall–Kier alpha value is -1.75. The van der Waals surface area contributed by atoms with Crippen molar-refractivity contribution in [2.45, 2.75) is 45.9 Å². The van der Waals surface area contributed by atoms with Crippen LogP contribution in [0.1, 0.15) is 37.3 Å². The van der Waals surface area contributed by atoms with E-state index in [1.165, 1.54) is 5.56 Å². The van der Waals surface area contributed by atoms with Crippen LogP contribution in [0.5, 0.6) is 0 Å². The molecule has 0 saturated heterocycles. The number of rotatable bonds is 7. The van der Waals surface area contributed by atoms with Gasteiger partial charge in [0.15, 0.2) is 0 Å². The van der Waals surface area contributed by atoms with E-state index in [0.717, 1.165) is 23.4 Å². The van der Waals surface area contributed by atoms with E-state index in [4.69, 9.17) is 4.42 Å². The second-order valence-electron chi connectivity index (χ2n) is 5.76. The number of benzene rings is 1. The smallest absolute Gasteiger partial charge is 0.230 e. The molecule has 1 heterocycles. The summed E-state index contributed by atoms with van der Waals surface area (Å²) in [5.74, 6) is 2.65. The van der Waals surface area contributed by atoms with E-state index in [1.807, 2.05) is 38.1 Å². The maximum atomic E-state index is 11.8. The van der Waals surface area contributed by atoms with Gasteiger partial charge in [0.05, 0.1) is 11.4 Å². The van der Waals surface area contributed by atoms with Crippen LogP contribution in [0.3, 0.4) is 0 Å². The highest BCUT2D eigenvalue weighted by Crippen LogP contribution is 2.24. The Labute approximate surface area is 142 Å². The zero-order valence-electron chi connectivity index (χ0n) is 14.2. The fraction of sp³-hybridized carbons (Fsp3) is 0.444. The molecular weight excluding hydrogens is 308 g/mol. The van der Waals surface area contributed by atoms with E-state index in [1.54, 1.807) is 11.8 Å². The van der Waals surface area contributed by atoms with E-state index in [-0.39, 0.29) is 11.9 Å². The summed E-state index contributed by atoms with van der Waals surface area (Å²) in [6.07, 6.45) is 0.943. The molecule has 2 rings (SSSR count). The number of amides is 1. The van der Waals surface area contributed by atoms with Crippen molar-refractivity contribution >= 4 is 17.7 Å². The first-order valence-electron chi connectivity index (χ1n) is 7.90. The molecule has 2 aromatic rings. The van der Waals surface area contributed by atoms with Crippen molar-refractivity contribution in [3.8, 4) is 11.5 Å². The molecule has 0 fully saturated rings. The van der Waals surface area contributed by atoms with Crippen molar-refractivity contribution in [2.24, 2.45) is 0 Å². The molecule has 23 heavy (non-hydrogen) atoms. The van der Waals surface area contributed by atoms with Gasteiger partial charge in [-0.05, 0) is 39.3 Å². The maximum Gasteiger partial charge on any atom is 0.230 e. The summed E-state index contributed by atoms with van der Waals surface area (Å²) in [5.41, 5.74) is 3.09. The van der Waals surface area contributed by atoms with Crippen LogP contribution in [0.25, 0.3) is 11.5 Å². The van der Waals surface area contributed by atoms with Crippen LogP contribution in [0.4, 0.5) is 0 Å². The van der Waals surface area contributed by atoms with Gasteiger partial charge in [-0.2, -0.15) is 0 Å². The zero-order chi connectivity index (χ0) is 16.8. The van der Waals surface area contributed by atoms with Gasteiger partial charge < -0.3 is 9.73 Å². The molecule has 0 radical (unpaired) electrons. The fourth-order valence-corrected chi connectivity index (χ4v) is 2.87. The normalized spacial score (nSPS) is 12.2. The summed E-state index contributed by atoms with van der Waals surface area (Å²) in [6, 6.07) is 8.34. The molecule has 0 aliphatic rings. The predicted octanol–water partition coefficient (Wildman–Crippen LogP) is 4.11. The van der Waals surface area contributed by atoms with Gasteiger partial charge in [0.1, 0.15) is 5.76 Å². The number of carbonyl (C=O) groups is 1. The monoisotopic (exact) mass is 332 g/mol. The lowest BCUT2D eigenvalue weighted by Gasteiger charge is -2.10. The first-order chi connectivity index (χ1) is 11.0. The van der Waals surface area contributed by atoms with Crippen LogP contribution >= 0.6 is 11.8 Å². The largest absolute Gasteiger partial charge is 0.441 e. The van der Waals surface area contributed by atoms with Crippen molar-refractivity contribution in [3.63, 3.8) is 0 Å². The van der Waals surface area contributed by atoms with Crippen LogP contribution in [0.15, 0.2) is 28.7 Å². The van der Waals surface area contributed by atoms with Crippen LogP contribution in [-0.2, 0) is 10.5 Å². The standard InChI is InChI=1S/C18H24N2O2S/c1-5-13(3)19-17(21)11-23-10-16-14(4)22-18(20-16)15-8-6-12(2)7-9-15/h6-9,13H,5,10-11H2,1-4H3,(H,19,21). The van der Waals surface area contributed by atoms with E-state index in [0.29, 0.717) is 17.4 Å². The Bertz CT molecular complexity index is 650. The molecule has 5 heteroatoms. The lowest BCUT2D eigenvalue weighted by Crippen LogP contribution is -2.33. The summed E-state index contributed by atoms with van der Waals surface area (Å²) >= 11 is 1.56. The van der Waals surface area contributed by atoms with Gasteiger partial charge in [0.25, 0.3) is 0 Å². The van der Waals surface area contributed by atoms with Gasteiger partial charge >= 0.3 is 0 Å². The van der Waals surface area contributed by atoms with Gasteiger partial charge in [-0.15, -0.1) is 11.8 Å². The average Bonchev–Trinajstić information content (AvgIpc) is 2.89. The van der Waals surface area contributed by atoms with Crippen molar-refractivity contribution < 1.29 is 9.21 Å². The van der Waals surface area contributed by atoms with Crippen LogP contribution in [-0.4, -0.2) is 22.7 Å². The topological polar surface area (TPSA) is 55.1 Å². The third-order valence-electron chi connectivity index (χ3n) is 3.68. The Morgan fingerprint density at radius 1 is 1.30 bits per heavy atom. The second kappa shape index (κ2) is 8.20. The molecule has 1 N–H and O–H groups in total. The molecule has 1 aromatic carbocycles. The lowest BCUT2D eigenvalue weighted by atomic mass is 10.1. The average molecular weight is 332 g/mol. The van der Waals surface area contributed by atoms with E-state index in [2.05, 4.69) is 24.1 Å². The number of hydrogen-bond acceptors (Lipinski definition) is 4. The third kappa shape index (κ3) is 5.13. The zero-order valence-corrected chi connectivity index (χ0v) is 15.0. The quantitative estimate of drug-likeness (QED) is 0.829. The molecule has 0 aliphatic heterocycles. The van der Waals surface area contributed by atoms with Crippen LogP contribution in [0, 0.1) is 13.8 Å². The number of oxazole rings is 1. The molecule has 1 amide bonds. The Morgan fingerprint density at radius 2 is 2.00 bits per heavy atom. The van der Waals surface area contributed by atoms with Crippen molar-refractivity contribution in [2.75, 3.05) is 5.75 Å². The number of nitrogens with zero attached hydrogens (tertiary/aromatic N) is 1. The molecule has 0 saturated carbocycles. The van der Waals surface area contributed by atoms with E-state index >= 15 is 0 Å². The number of hydrogen-bond donors (Lipinski definition) is 1. The van der Waals surface area contributed by atoms with Crippen molar-refractivity contribution in [3.05, 3.63) is 41.3 Å². The highest BCUT2D eigenvalue weighted by molar-refractivity contribution is 7.99. The first-order valence-corrected chi connectivity index (χ1v) is 9.05. The SMILES string of the molecule is CCC(C)NC(=O)CSCc1nc(-c2ccc(C)cc2)oc1C. The van der Waals surface area contributed by atoms with E-state index in [9.17, 15) is 4.79 Å². The van der Waals surface area contributed by atoms with Crippen LogP contribution in [0.2, 0.25) is 0 Å². The minimum Gasteiger partial charge on any atom is -0.441 e. The highest BCUT2D eigenvalue weighted by atomic mass is 32.2. The first kappa shape index (κ1) is 17.6. The molecule has 124 valence electrons. The molecule has 0 spiro atoms. The minimum atomic E-state index is 0.0734. The molecular formula is C18H24N2O2S. The van der Waals surface area contributed by atoms with Gasteiger partial charge in [0, 0.05) is 17.4 Å². The predicted molar refractivity (Wildman–Crippen MR) is 95.5 cm³/mol. The Morgan fingerprint density at radius 3 is 2.65 bits per heavy atom. The molecule has 4 nitrogen and oxygen atoms in total. The summed E-state index contributed by atoms with van der Waals surface area (Å²) in [6.45, 7) is 8.04. The molecule has 1 unspecified atom stereocenters. The number of carbonyl (C=O) groups excluding carboxylic acids is 1. The third-order valence-corrected chi connectivity index (χ3v) is 4.63. The minimum absolute atomic E-state index is 0.0734. The number of nitrogens with one attached hydrogen (secondary N) is 1. The summed E-state index contributed by atoms with van der Waals surface area (Å²) in [5, 5.41) is 2.96. The molecule has 1 atom stereocenters. The summed E-state index contributed by atoms with van der Waals surface area (Å²) in [7, 11) is 0. The number of thioether (sulfide) groups is 1. The molecule has 0 aliphatic carbocycles.